The van der Waals surface area contributed by atoms with Gasteiger partial charge in [-0.1, -0.05) is 27.7 Å². The quantitative estimate of drug-likeness (QED) is 0.369. The molecular weight excluding hydrogens is 356 g/mol. The van der Waals surface area contributed by atoms with Crippen molar-refractivity contribution in [1.29, 1.82) is 0 Å². The fraction of sp³-hybridized carbons (Fsp3) is 0.385. The predicted octanol–water partition coefficient (Wildman–Crippen LogP) is 6.13. The van der Waals surface area contributed by atoms with Gasteiger partial charge in [-0.3, -0.25) is 0 Å². The first-order valence-electron chi connectivity index (χ1n) is 10.5. The lowest BCUT2D eigenvalue weighted by molar-refractivity contribution is -0.660. The molecule has 29 heavy (non-hydrogen) atoms. The number of furan rings is 1. The minimum atomic E-state index is 0.0952. The first kappa shape index (κ1) is 18.4. The molecule has 0 bridgehead atoms. The molecule has 3 nitrogen and oxygen atoms in total. The molecule has 3 aromatic heterocycles. The minimum Gasteiger partial charge on any atom is -0.437 e. The maximum atomic E-state index is 6.48. The van der Waals surface area contributed by atoms with Crippen LogP contribution in [0.4, 0.5) is 0 Å². The van der Waals surface area contributed by atoms with Gasteiger partial charge in [0.05, 0.1) is 5.56 Å². The van der Waals surface area contributed by atoms with Crippen LogP contribution in [0.1, 0.15) is 57.2 Å². The molecule has 3 heteroatoms. The maximum Gasteiger partial charge on any atom is 0.227 e. The zero-order valence-electron chi connectivity index (χ0n) is 18.3. The van der Waals surface area contributed by atoms with E-state index in [0.29, 0.717) is 0 Å². The van der Waals surface area contributed by atoms with E-state index in [0.717, 1.165) is 16.7 Å². The van der Waals surface area contributed by atoms with Crippen LogP contribution in [0.15, 0.2) is 47.1 Å². The molecule has 0 saturated heterocycles. The van der Waals surface area contributed by atoms with E-state index in [1.807, 2.05) is 12.3 Å². The summed E-state index contributed by atoms with van der Waals surface area (Å²) in [4.78, 5) is 4.56. The average molecular weight is 386 g/mol. The fourth-order valence-electron chi connectivity index (χ4n) is 5.45. The van der Waals surface area contributed by atoms with E-state index in [9.17, 15) is 0 Å². The predicted molar refractivity (Wildman–Crippen MR) is 118 cm³/mol. The number of rotatable bonds is 1. The number of fused-ring (bicyclic) bond motifs is 5. The molecule has 4 aromatic rings. The van der Waals surface area contributed by atoms with Crippen LogP contribution in [-0.4, -0.2) is 4.98 Å². The average Bonchev–Trinajstić information content (AvgIpc) is 3.04. The summed E-state index contributed by atoms with van der Waals surface area (Å²) in [6, 6.07) is 10.6. The first-order chi connectivity index (χ1) is 13.7. The highest BCUT2D eigenvalue weighted by atomic mass is 16.3. The molecule has 0 fully saturated rings. The Kier molecular flexibility index (Phi) is 3.74. The molecule has 0 unspecified atom stereocenters. The molecule has 0 N–H and O–H groups in total. The van der Waals surface area contributed by atoms with Crippen molar-refractivity contribution in [3.8, 4) is 11.3 Å². The monoisotopic (exact) mass is 385 g/mol. The summed E-state index contributed by atoms with van der Waals surface area (Å²) in [5.74, 6) is 0. The summed E-state index contributed by atoms with van der Waals surface area (Å²) in [5.41, 5.74) is 8.58. The van der Waals surface area contributed by atoms with Crippen LogP contribution in [-0.2, 0) is 17.9 Å². The van der Waals surface area contributed by atoms with Gasteiger partial charge in [0.15, 0.2) is 11.8 Å². The van der Waals surface area contributed by atoms with Gasteiger partial charge in [0.25, 0.3) is 0 Å². The summed E-state index contributed by atoms with van der Waals surface area (Å²) in [6.07, 6.45) is 6.29. The molecule has 5 rings (SSSR count). The third-order valence-electron chi connectivity index (χ3n) is 6.98. The summed E-state index contributed by atoms with van der Waals surface area (Å²) in [5, 5.41) is 2.38. The van der Waals surface area contributed by atoms with E-state index < -0.39 is 0 Å². The highest BCUT2D eigenvalue weighted by Crippen LogP contribution is 2.53. The van der Waals surface area contributed by atoms with Crippen molar-refractivity contribution in [3.05, 3.63) is 59.4 Å². The van der Waals surface area contributed by atoms with Crippen LogP contribution in [0.3, 0.4) is 0 Å². The summed E-state index contributed by atoms with van der Waals surface area (Å²) >= 11 is 0. The van der Waals surface area contributed by atoms with Gasteiger partial charge in [-0.15, -0.1) is 0 Å². The molecule has 0 atom stereocenters. The molecule has 0 saturated carbocycles. The van der Waals surface area contributed by atoms with Crippen molar-refractivity contribution in [2.75, 3.05) is 0 Å². The third kappa shape index (κ3) is 2.49. The fourth-order valence-corrected chi connectivity index (χ4v) is 5.45. The van der Waals surface area contributed by atoms with Gasteiger partial charge in [-0.25, -0.2) is 9.55 Å². The lowest BCUT2D eigenvalue weighted by Gasteiger charge is -2.43. The number of nitrogens with zero attached hydrogens (tertiary/aromatic N) is 2. The van der Waals surface area contributed by atoms with Gasteiger partial charge in [-0.05, 0) is 65.5 Å². The van der Waals surface area contributed by atoms with Crippen LogP contribution in [0, 0.1) is 6.92 Å². The number of aryl methyl sites for hydroxylation is 1. The summed E-state index contributed by atoms with van der Waals surface area (Å²) in [7, 11) is 2.11. The smallest absolute Gasteiger partial charge is 0.227 e. The molecule has 1 aliphatic rings. The maximum absolute atomic E-state index is 6.48. The minimum absolute atomic E-state index is 0.0952. The van der Waals surface area contributed by atoms with Crippen molar-refractivity contribution in [2.24, 2.45) is 7.05 Å². The number of pyridine rings is 2. The highest BCUT2D eigenvalue weighted by molar-refractivity contribution is 6.12. The molecule has 1 aromatic carbocycles. The summed E-state index contributed by atoms with van der Waals surface area (Å²) in [6.45, 7) is 11.9. The third-order valence-corrected chi connectivity index (χ3v) is 6.98. The van der Waals surface area contributed by atoms with Crippen LogP contribution < -0.4 is 4.57 Å². The Labute approximate surface area is 172 Å². The van der Waals surface area contributed by atoms with Gasteiger partial charge in [0, 0.05) is 29.1 Å². The van der Waals surface area contributed by atoms with Crippen molar-refractivity contribution >= 4 is 22.1 Å². The van der Waals surface area contributed by atoms with Gasteiger partial charge in [0.2, 0.25) is 11.4 Å². The van der Waals surface area contributed by atoms with E-state index in [2.05, 4.69) is 81.7 Å². The molecule has 1 aliphatic carbocycles. The zero-order valence-corrected chi connectivity index (χ0v) is 18.3. The highest BCUT2D eigenvalue weighted by Gasteiger charge is 2.42. The molecular formula is C26H29N2O+. The Balaban J connectivity index is 2.09. The second-order valence-electron chi connectivity index (χ2n) is 9.88. The summed E-state index contributed by atoms with van der Waals surface area (Å²) < 4.78 is 8.67. The Hall–Kier alpha value is -2.68. The molecule has 3 heterocycles. The largest absolute Gasteiger partial charge is 0.437 e. The van der Waals surface area contributed by atoms with E-state index in [-0.39, 0.29) is 10.8 Å². The molecule has 0 spiro atoms. The van der Waals surface area contributed by atoms with Crippen LogP contribution in [0.5, 0.6) is 0 Å². The molecule has 0 amide bonds. The van der Waals surface area contributed by atoms with E-state index in [4.69, 9.17) is 4.42 Å². The second kappa shape index (κ2) is 5.91. The van der Waals surface area contributed by atoms with Crippen molar-refractivity contribution in [1.82, 2.24) is 4.98 Å². The molecule has 0 aliphatic heterocycles. The standard InChI is InChI=1S/C26H29N2O/c1-16-19(18-11-7-8-15-28(18)6)23-20(17-10-9-14-27-24(17)29-23)22-21(16)25(2,3)12-13-26(22,4)5/h7-11,14-15H,12-13H2,1-6H3/q+1. The van der Waals surface area contributed by atoms with Crippen molar-refractivity contribution < 1.29 is 8.98 Å². The van der Waals surface area contributed by atoms with E-state index in [1.165, 1.54) is 46.2 Å². The number of benzene rings is 1. The van der Waals surface area contributed by atoms with Crippen molar-refractivity contribution in [3.63, 3.8) is 0 Å². The number of aromatic nitrogens is 2. The Morgan fingerprint density at radius 1 is 0.966 bits per heavy atom. The topological polar surface area (TPSA) is 29.9 Å². The zero-order chi connectivity index (χ0) is 20.6. The van der Waals surface area contributed by atoms with Crippen LogP contribution in [0.25, 0.3) is 33.3 Å². The van der Waals surface area contributed by atoms with E-state index in [1.54, 1.807) is 0 Å². The Bertz CT molecular complexity index is 1280. The van der Waals surface area contributed by atoms with Gasteiger partial charge < -0.3 is 4.42 Å². The molecule has 148 valence electrons. The Morgan fingerprint density at radius 2 is 1.69 bits per heavy atom. The van der Waals surface area contributed by atoms with Gasteiger partial charge in [0.1, 0.15) is 7.05 Å². The Morgan fingerprint density at radius 3 is 2.41 bits per heavy atom. The van der Waals surface area contributed by atoms with Crippen molar-refractivity contribution in [2.45, 2.75) is 58.3 Å². The second-order valence-corrected chi connectivity index (χ2v) is 9.88. The first-order valence-corrected chi connectivity index (χ1v) is 10.5. The SMILES string of the molecule is Cc1c2c(c3c(oc4ncccc43)c1-c1cccc[n+]1C)C(C)(C)CCC2(C)C. The van der Waals surface area contributed by atoms with Crippen LogP contribution in [0.2, 0.25) is 0 Å². The van der Waals surface area contributed by atoms with E-state index >= 15 is 0 Å². The molecule has 0 radical (unpaired) electrons. The lowest BCUT2D eigenvalue weighted by Crippen LogP contribution is -2.36. The lowest BCUT2D eigenvalue weighted by atomic mass is 9.60. The van der Waals surface area contributed by atoms with Gasteiger partial charge >= 0.3 is 0 Å². The number of hydrogen-bond donors (Lipinski definition) is 0. The normalized spacial score (nSPS) is 17.6. The van der Waals surface area contributed by atoms with Crippen LogP contribution >= 0.6 is 0 Å². The van der Waals surface area contributed by atoms with Gasteiger partial charge in [-0.2, -0.15) is 0 Å². The number of hydrogen-bond acceptors (Lipinski definition) is 2.